The maximum absolute atomic E-state index is 9.14. The Morgan fingerprint density at radius 3 is 1.54 bits per heavy atom. The zero-order chi connectivity index (χ0) is 17.0. The van der Waals surface area contributed by atoms with Crippen LogP contribution >= 0.6 is 23.2 Å². The second-order valence-electron chi connectivity index (χ2n) is 6.47. The molecule has 0 amide bonds. The number of rotatable bonds is 8. The predicted octanol–water partition coefficient (Wildman–Crippen LogP) is 4.04. The van der Waals surface area contributed by atoms with Crippen molar-refractivity contribution < 1.29 is 36.4 Å². The topological polar surface area (TPSA) is 40.5 Å². The van der Waals surface area contributed by atoms with Crippen LogP contribution in [0.15, 0.2) is 42.7 Å². The molecule has 0 bridgehead atoms. The molecule has 0 aromatic heterocycles. The summed E-state index contributed by atoms with van der Waals surface area (Å²) < 4.78 is 0. The van der Waals surface area contributed by atoms with Crippen molar-refractivity contribution in [3.05, 3.63) is 42.7 Å². The molecule has 0 aromatic rings. The first-order valence-corrected chi connectivity index (χ1v) is 10.5. The fraction of sp³-hybridized carbons (Fsp3) is 0.556. The molecule has 2 nitrogen and oxygen atoms in total. The average Bonchev–Trinajstić information content (AvgIpc) is 2.92. The second-order valence-corrected chi connectivity index (χ2v) is 9.15. The molecule has 0 aromatic carbocycles. The third-order valence-corrected chi connectivity index (χ3v) is 8.36. The largest absolute Gasteiger partial charge is 0.396 e. The first kappa shape index (κ1) is 22.6. The van der Waals surface area contributed by atoms with E-state index >= 15 is 0 Å². The summed E-state index contributed by atoms with van der Waals surface area (Å²) in [7, 11) is -0.729. The van der Waals surface area contributed by atoms with Crippen molar-refractivity contribution in [2.45, 2.75) is 52.4 Å². The minimum absolute atomic E-state index is 0. The molecule has 0 aliphatic heterocycles. The SMILES string of the molecule is CC1=C(CCCO)C([SiH2]C2=C(Cl)CC(C)=C2CCCO)=C(Cl)C1.[Zr]. The molecule has 24 heavy (non-hydrogen) atoms. The average molecular weight is 465 g/mol. The molecule has 132 valence electrons. The van der Waals surface area contributed by atoms with Gasteiger partial charge in [0.1, 0.15) is 0 Å². The standard InChI is InChI=1S/C18H26Cl2O2Si.Zr/c1-11-9-15(19)17(13(11)5-3-7-21)23-18-14(6-4-8-22)12(2)10-16(18)20;/h21-22H,3-10,23H2,1-2H3;. The van der Waals surface area contributed by atoms with Crippen LogP contribution in [0.2, 0.25) is 0 Å². The van der Waals surface area contributed by atoms with Gasteiger partial charge in [-0.2, -0.15) is 0 Å². The number of hydrogen-bond donors (Lipinski definition) is 2. The Bertz CT molecular complexity index is 554. The molecule has 0 radical (unpaired) electrons. The minimum atomic E-state index is -0.729. The monoisotopic (exact) mass is 462 g/mol. The van der Waals surface area contributed by atoms with E-state index in [1.807, 2.05) is 0 Å². The second kappa shape index (κ2) is 10.6. The van der Waals surface area contributed by atoms with Gasteiger partial charge in [0.15, 0.2) is 0 Å². The van der Waals surface area contributed by atoms with Gasteiger partial charge < -0.3 is 10.2 Å². The van der Waals surface area contributed by atoms with E-state index in [9.17, 15) is 0 Å². The Hall–Kier alpha value is 0.560. The van der Waals surface area contributed by atoms with Crippen LogP contribution in [-0.2, 0) is 26.2 Å². The van der Waals surface area contributed by atoms with Crippen LogP contribution in [0.4, 0.5) is 0 Å². The molecule has 6 heteroatoms. The van der Waals surface area contributed by atoms with Gasteiger partial charge in [-0.05, 0) is 61.1 Å². The van der Waals surface area contributed by atoms with Gasteiger partial charge in [0.05, 0.1) is 9.52 Å². The van der Waals surface area contributed by atoms with E-state index in [-0.39, 0.29) is 39.4 Å². The van der Waals surface area contributed by atoms with E-state index in [1.165, 1.54) is 32.7 Å². The molecule has 0 atom stereocenters. The maximum Gasteiger partial charge on any atom is 0.0912 e. The first-order chi connectivity index (χ1) is 11.0. The molecule has 2 aliphatic carbocycles. The van der Waals surface area contributed by atoms with Gasteiger partial charge in [-0.3, -0.25) is 0 Å². The number of halogens is 2. The van der Waals surface area contributed by atoms with E-state index in [4.69, 9.17) is 33.4 Å². The summed E-state index contributed by atoms with van der Waals surface area (Å²) in [6.07, 6.45) is 5.08. The van der Waals surface area contributed by atoms with Crippen molar-refractivity contribution in [3.8, 4) is 0 Å². The summed E-state index contributed by atoms with van der Waals surface area (Å²) in [6, 6.07) is 0. The molecule has 2 N–H and O–H groups in total. The smallest absolute Gasteiger partial charge is 0.0912 e. The zero-order valence-corrected chi connectivity index (χ0v) is 19.9. The maximum atomic E-state index is 9.14. The number of allylic oxidation sites excluding steroid dienone is 8. The molecule has 0 saturated heterocycles. The van der Waals surface area contributed by atoms with Gasteiger partial charge in [0.25, 0.3) is 0 Å². The van der Waals surface area contributed by atoms with Crippen molar-refractivity contribution in [1.29, 1.82) is 0 Å². The summed E-state index contributed by atoms with van der Waals surface area (Å²) in [4.78, 5) is 0. The van der Waals surface area contributed by atoms with Crippen molar-refractivity contribution in [2.24, 2.45) is 0 Å². The fourth-order valence-electron chi connectivity index (χ4n) is 3.56. The van der Waals surface area contributed by atoms with Crippen molar-refractivity contribution in [2.75, 3.05) is 13.2 Å². The van der Waals surface area contributed by atoms with E-state index in [2.05, 4.69) is 13.8 Å². The summed E-state index contributed by atoms with van der Waals surface area (Å²) in [5.74, 6) is 0. The Labute approximate surface area is 176 Å². The molecule has 0 saturated carbocycles. The molecule has 2 aliphatic rings. The third kappa shape index (κ3) is 5.28. The summed E-state index contributed by atoms with van der Waals surface area (Å²) in [5.41, 5.74) is 5.41. The molecular weight excluding hydrogens is 438 g/mol. The molecule has 0 fully saturated rings. The Kier molecular flexibility index (Phi) is 10.0. The first-order valence-electron chi connectivity index (χ1n) is 8.34. The number of hydrogen-bond acceptors (Lipinski definition) is 2. The van der Waals surface area contributed by atoms with Crippen molar-refractivity contribution >= 4 is 32.7 Å². The molecule has 0 unspecified atom stereocenters. The van der Waals surface area contributed by atoms with E-state index in [0.717, 1.165) is 48.6 Å². The Morgan fingerprint density at radius 2 is 1.21 bits per heavy atom. The van der Waals surface area contributed by atoms with Gasteiger partial charge in [-0.1, -0.05) is 34.3 Å². The Morgan fingerprint density at radius 1 is 0.833 bits per heavy atom. The van der Waals surface area contributed by atoms with Crippen LogP contribution in [0, 0.1) is 0 Å². The fourth-order valence-corrected chi connectivity index (χ4v) is 6.96. The van der Waals surface area contributed by atoms with Crippen LogP contribution in [0.5, 0.6) is 0 Å². The minimum Gasteiger partial charge on any atom is -0.396 e. The number of aliphatic hydroxyl groups excluding tert-OH is 2. The van der Waals surface area contributed by atoms with Crippen LogP contribution in [0.1, 0.15) is 52.4 Å². The molecule has 0 heterocycles. The van der Waals surface area contributed by atoms with Crippen molar-refractivity contribution in [1.82, 2.24) is 0 Å². The Balaban J connectivity index is 0.00000288. The van der Waals surface area contributed by atoms with E-state index in [1.54, 1.807) is 0 Å². The summed E-state index contributed by atoms with van der Waals surface area (Å²) in [5, 5.41) is 22.9. The zero-order valence-electron chi connectivity index (χ0n) is 14.5. The van der Waals surface area contributed by atoms with Gasteiger partial charge in [0, 0.05) is 62.3 Å². The molecular formula is C18H26Cl2O2SiZr. The third-order valence-electron chi connectivity index (χ3n) is 4.78. The van der Waals surface area contributed by atoms with Gasteiger partial charge in [-0.15, -0.1) is 0 Å². The quantitative estimate of drug-likeness (QED) is 0.533. The van der Waals surface area contributed by atoms with Crippen LogP contribution in [0.25, 0.3) is 0 Å². The van der Waals surface area contributed by atoms with Crippen LogP contribution in [-0.4, -0.2) is 32.9 Å². The molecule has 2 rings (SSSR count). The molecule has 0 spiro atoms. The van der Waals surface area contributed by atoms with E-state index < -0.39 is 9.52 Å². The summed E-state index contributed by atoms with van der Waals surface area (Å²) in [6.45, 7) is 4.73. The van der Waals surface area contributed by atoms with Crippen LogP contribution < -0.4 is 0 Å². The summed E-state index contributed by atoms with van der Waals surface area (Å²) >= 11 is 13.1. The van der Waals surface area contributed by atoms with Gasteiger partial charge in [0.2, 0.25) is 0 Å². The number of aliphatic hydroxyl groups is 2. The van der Waals surface area contributed by atoms with Gasteiger partial charge >= 0.3 is 0 Å². The van der Waals surface area contributed by atoms with E-state index in [0.29, 0.717) is 0 Å². The van der Waals surface area contributed by atoms with Crippen molar-refractivity contribution in [3.63, 3.8) is 0 Å². The van der Waals surface area contributed by atoms with Crippen LogP contribution in [0.3, 0.4) is 0 Å². The normalized spacial score (nSPS) is 18.2. The van der Waals surface area contributed by atoms with Gasteiger partial charge in [-0.25, -0.2) is 0 Å². The predicted molar refractivity (Wildman–Crippen MR) is 102 cm³/mol.